The highest BCUT2D eigenvalue weighted by Gasteiger charge is 2.31. The minimum absolute atomic E-state index is 0.0531. The lowest BCUT2D eigenvalue weighted by molar-refractivity contribution is 0.0570. The molecule has 1 aliphatic rings. The van der Waals surface area contributed by atoms with Crippen LogP contribution in [0.2, 0.25) is 0 Å². The summed E-state index contributed by atoms with van der Waals surface area (Å²) in [5, 5.41) is 8.68. The summed E-state index contributed by atoms with van der Waals surface area (Å²) in [6.07, 6.45) is 2.31. The summed E-state index contributed by atoms with van der Waals surface area (Å²) in [5.74, 6) is -0.137. The number of ether oxygens (including phenoxy) is 1. The summed E-state index contributed by atoms with van der Waals surface area (Å²) in [6, 6.07) is 5.25. The van der Waals surface area contributed by atoms with Gasteiger partial charge in [0.05, 0.1) is 17.7 Å². The number of carbonyl (C=O) groups excluding carboxylic acids is 1. The van der Waals surface area contributed by atoms with E-state index in [1.54, 1.807) is 24.1 Å². The van der Waals surface area contributed by atoms with Gasteiger partial charge < -0.3 is 9.64 Å². The predicted octanol–water partition coefficient (Wildman–Crippen LogP) is 1.20. The molecule has 0 N–H and O–H groups in total. The number of nitriles is 1. The molecule has 2 unspecified atom stereocenters. The van der Waals surface area contributed by atoms with Gasteiger partial charge in [-0.05, 0) is 25.5 Å². The maximum atomic E-state index is 12.2. The average Bonchev–Trinajstić information content (AvgIpc) is 2.83. The van der Waals surface area contributed by atoms with Crippen molar-refractivity contribution in [1.82, 2.24) is 9.88 Å². The van der Waals surface area contributed by atoms with Gasteiger partial charge >= 0.3 is 0 Å². The van der Waals surface area contributed by atoms with Gasteiger partial charge in [-0.25, -0.2) is 4.98 Å². The molecular weight excluding hydrogens is 230 g/mol. The van der Waals surface area contributed by atoms with Crippen molar-refractivity contribution in [2.45, 2.75) is 25.5 Å². The second kappa shape index (κ2) is 5.15. The van der Waals surface area contributed by atoms with Gasteiger partial charge in [0.15, 0.2) is 0 Å². The molecule has 0 spiro atoms. The number of likely N-dealkylation sites (N-methyl/N-ethyl adjacent to an activating group) is 1. The first-order valence-electron chi connectivity index (χ1n) is 5.88. The quantitative estimate of drug-likeness (QED) is 0.785. The second-order valence-corrected chi connectivity index (χ2v) is 4.39. The molecule has 0 aliphatic carbocycles. The van der Waals surface area contributed by atoms with Crippen LogP contribution in [0.3, 0.4) is 0 Å². The molecule has 1 amide bonds. The largest absolute Gasteiger partial charge is 0.376 e. The molecule has 94 valence electrons. The predicted molar refractivity (Wildman–Crippen MR) is 64.9 cm³/mol. The van der Waals surface area contributed by atoms with Crippen LogP contribution in [0.25, 0.3) is 0 Å². The van der Waals surface area contributed by atoms with Crippen molar-refractivity contribution < 1.29 is 9.53 Å². The molecule has 2 heterocycles. The zero-order valence-corrected chi connectivity index (χ0v) is 10.5. The Hall–Kier alpha value is -1.93. The Morgan fingerprint density at radius 3 is 2.89 bits per heavy atom. The van der Waals surface area contributed by atoms with Crippen LogP contribution in [0, 0.1) is 11.3 Å². The molecule has 0 radical (unpaired) electrons. The molecule has 1 fully saturated rings. The van der Waals surface area contributed by atoms with E-state index in [-0.39, 0.29) is 18.1 Å². The summed E-state index contributed by atoms with van der Waals surface area (Å²) < 4.78 is 5.45. The lowest BCUT2D eigenvalue weighted by atomic mass is 10.1. The number of hydrogen-bond donors (Lipinski definition) is 0. The van der Waals surface area contributed by atoms with Crippen LogP contribution >= 0.6 is 0 Å². The van der Waals surface area contributed by atoms with Crippen molar-refractivity contribution in [1.29, 1.82) is 5.26 Å². The summed E-state index contributed by atoms with van der Waals surface area (Å²) in [5.41, 5.74) is 0.808. The number of pyridine rings is 1. The van der Waals surface area contributed by atoms with Crippen LogP contribution in [0.4, 0.5) is 0 Å². The van der Waals surface area contributed by atoms with E-state index in [9.17, 15) is 4.79 Å². The number of carbonyl (C=O) groups is 1. The van der Waals surface area contributed by atoms with E-state index in [0.717, 1.165) is 6.42 Å². The highest BCUT2D eigenvalue weighted by molar-refractivity contribution is 5.92. The summed E-state index contributed by atoms with van der Waals surface area (Å²) in [7, 11) is 1.76. The normalized spacial score (nSPS) is 22.5. The Morgan fingerprint density at radius 2 is 2.39 bits per heavy atom. The van der Waals surface area contributed by atoms with Gasteiger partial charge in [0.1, 0.15) is 11.8 Å². The summed E-state index contributed by atoms with van der Waals surface area (Å²) in [4.78, 5) is 17.9. The zero-order valence-electron chi connectivity index (χ0n) is 10.5. The van der Waals surface area contributed by atoms with Gasteiger partial charge in [-0.3, -0.25) is 4.79 Å². The third-order valence-corrected chi connectivity index (χ3v) is 3.27. The van der Waals surface area contributed by atoms with Gasteiger partial charge in [0.25, 0.3) is 5.91 Å². The fourth-order valence-corrected chi connectivity index (χ4v) is 2.15. The van der Waals surface area contributed by atoms with Crippen LogP contribution in [0.5, 0.6) is 0 Å². The molecule has 1 aliphatic heterocycles. The number of aromatic nitrogens is 1. The Kier molecular flexibility index (Phi) is 3.58. The van der Waals surface area contributed by atoms with Gasteiger partial charge in [-0.2, -0.15) is 5.26 Å². The maximum Gasteiger partial charge on any atom is 0.272 e. The van der Waals surface area contributed by atoms with Crippen LogP contribution < -0.4 is 0 Å². The molecule has 5 heteroatoms. The van der Waals surface area contributed by atoms with Crippen molar-refractivity contribution in [2.75, 3.05) is 13.7 Å². The van der Waals surface area contributed by atoms with Crippen LogP contribution in [-0.2, 0) is 4.74 Å². The molecule has 18 heavy (non-hydrogen) atoms. The summed E-state index contributed by atoms with van der Waals surface area (Å²) in [6.45, 7) is 2.65. The molecule has 1 aromatic rings. The lowest BCUT2D eigenvalue weighted by Gasteiger charge is -2.26. The van der Waals surface area contributed by atoms with E-state index in [0.29, 0.717) is 17.9 Å². The Labute approximate surface area is 106 Å². The minimum atomic E-state index is -0.137. The molecule has 2 rings (SSSR count). The number of amides is 1. The Balaban J connectivity index is 2.12. The van der Waals surface area contributed by atoms with Crippen molar-refractivity contribution in [2.24, 2.45) is 0 Å². The molecule has 5 nitrogen and oxygen atoms in total. The fraction of sp³-hybridized carbons (Fsp3) is 0.462. The third-order valence-electron chi connectivity index (χ3n) is 3.27. The standard InChI is InChI=1S/C13H15N3O2/c1-9-12(5-6-18-9)16(2)13(17)11-4-3-10(7-14)8-15-11/h3-4,8-9,12H,5-6H2,1-2H3. The van der Waals surface area contributed by atoms with Crippen molar-refractivity contribution in [3.8, 4) is 6.07 Å². The highest BCUT2D eigenvalue weighted by atomic mass is 16.5. The van der Waals surface area contributed by atoms with Crippen LogP contribution in [0.1, 0.15) is 29.4 Å². The number of hydrogen-bond acceptors (Lipinski definition) is 4. The Bertz CT molecular complexity index is 478. The van der Waals surface area contributed by atoms with Crippen molar-refractivity contribution in [3.63, 3.8) is 0 Å². The third kappa shape index (κ3) is 2.34. The zero-order chi connectivity index (χ0) is 13.1. The monoisotopic (exact) mass is 245 g/mol. The molecule has 1 saturated heterocycles. The smallest absolute Gasteiger partial charge is 0.272 e. The van der Waals surface area contributed by atoms with E-state index in [1.165, 1.54) is 6.20 Å². The summed E-state index contributed by atoms with van der Waals surface area (Å²) >= 11 is 0. The van der Waals surface area contributed by atoms with E-state index in [1.807, 2.05) is 13.0 Å². The number of rotatable bonds is 2. The second-order valence-electron chi connectivity index (χ2n) is 4.39. The molecule has 2 atom stereocenters. The van der Waals surface area contributed by atoms with Crippen LogP contribution in [0.15, 0.2) is 18.3 Å². The topological polar surface area (TPSA) is 66.2 Å². The fourth-order valence-electron chi connectivity index (χ4n) is 2.15. The highest BCUT2D eigenvalue weighted by Crippen LogP contribution is 2.19. The molecular formula is C13H15N3O2. The van der Waals surface area contributed by atoms with Crippen molar-refractivity contribution in [3.05, 3.63) is 29.6 Å². The molecule has 1 aromatic heterocycles. The minimum Gasteiger partial charge on any atom is -0.376 e. The van der Waals surface area contributed by atoms with E-state index >= 15 is 0 Å². The SMILES string of the molecule is CC1OCCC1N(C)C(=O)c1ccc(C#N)cn1. The van der Waals surface area contributed by atoms with Crippen molar-refractivity contribution >= 4 is 5.91 Å². The van der Waals surface area contributed by atoms with Gasteiger partial charge in [0, 0.05) is 19.9 Å². The first-order valence-corrected chi connectivity index (χ1v) is 5.88. The van der Waals surface area contributed by atoms with E-state index in [4.69, 9.17) is 10.00 Å². The van der Waals surface area contributed by atoms with Gasteiger partial charge in [0.2, 0.25) is 0 Å². The van der Waals surface area contributed by atoms with E-state index in [2.05, 4.69) is 4.98 Å². The Morgan fingerprint density at radius 1 is 1.61 bits per heavy atom. The first kappa shape index (κ1) is 12.5. The maximum absolute atomic E-state index is 12.2. The van der Waals surface area contributed by atoms with E-state index < -0.39 is 0 Å². The molecule has 0 bridgehead atoms. The lowest BCUT2D eigenvalue weighted by Crippen LogP contribution is -2.41. The molecule has 0 saturated carbocycles. The van der Waals surface area contributed by atoms with Gasteiger partial charge in [-0.1, -0.05) is 0 Å². The average molecular weight is 245 g/mol. The van der Waals surface area contributed by atoms with Gasteiger partial charge in [-0.15, -0.1) is 0 Å². The number of nitrogens with zero attached hydrogens (tertiary/aromatic N) is 3. The molecule has 0 aromatic carbocycles. The first-order chi connectivity index (χ1) is 8.63. The van der Waals surface area contributed by atoms with Crippen LogP contribution in [-0.4, -0.2) is 41.6 Å².